The summed E-state index contributed by atoms with van der Waals surface area (Å²) in [5, 5.41) is 21.5. The molecule has 0 spiro atoms. The molecule has 254 valence electrons. The van der Waals surface area contributed by atoms with E-state index in [1.807, 2.05) is 13.8 Å². The Morgan fingerprint density at radius 2 is 1.59 bits per heavy atom. The molecule has 3 aromatic rings. The van der Waals surface area contributed by atoms with E-state index in [0.717, 1.165) is 6.07 Å². The summed E-state index contributed by atoms with van der Waals surface area (Å²) in [5.74, 6) is -0.497. The van der Waals surface area contributed by atoms with Crippen molar-refractivity contribution < 1.29 is 41.9 Å². The third-order valence-corrected chi connectivity index (χ3v) is 9.33. The maximum Gasteiger partial charge on any atom is 0.476 e. The van der Waals surface area contributed by atoms with Crippen molar-refractivity contribution in [3.8, 4) is 32.6 Å². The molecule has 2 N–H and O–H groups in total. The fourth-order valence-corrected chi connectivity index (χ4v) is 7.29. The molecule has 1 amide bonds. The van der Waals surface area contributed by atoms with Crippen LogP contribution in [0, 0.1) is 5.82 Å². The number of benzene rings is 2. The summed E-state index contributed by atoms with van der Waals surface area (Å²) in [7, 11) is -4.21. The molecule has 0 saturated carbocycles. The molecule has 1 heterocycles. The zero-order valence-electron chi connectivity index (χ0n) is 27.0. The van der Waals surface area contributed by atoms with Crippen molar-refractivity contribution in [1.29, 1.82) is 0 Å². The van der Waals surface area contributed by atoms with Gasteiger partial charge in [0.2, 0.25) is 0 Å². The standard InChI is InChI=1S/C30H39Cl2FN3O8PS/c1-16(2)41-24-11-10-18(12-21(24)32)26-35-36-27(46-26)19-13-22(33)25(14-20(19)31)40-15-23(34-28(37)38)17(3)42-45(39,43-29(4,5)6)44-30(7,8)9/h10-14,16-17,23,34H,15H2,1-9H3,(H,37,38)/t17-,23-/m0/s1. The van der Waals surface area contributed by atoms with Gasteiger partial charge in [-0.05, 0) is 86.6 Å². The summed E-state index contributed by atoms with van der Waals surface area (Å²) in [6, 6.07) is 6.52. The molecule has 3 rings (SSSR count). The van der Waals surface area contributed by atoms with Crippen LogP contribution in [0.1, 0.15) is 62.3 Å². The van der Waals surface area contributed by atoms with Crippen LogP contribution >= 0.6 is 42.4 Å². The van der Waals surface area contributed by atoms with Crippen LogP contribution in [-0.2, 0) is 18.1 Å². The molecule has 0 aliphatic rings. The minimum atomic E-state index is -4.21. The lowest BCUT2D eigenvalue weighted by Gasteiger charge is -2.34. The molecule has 0 radical (unpaired) electrons. The number of phosphoric acid groups is 1. The van der Waals surface area contributed by atoms with Gasteiger partial charge in [0, 0.05) is 17.2 Å². The van der Waals surface area contributed by atoms with Gasteiger partial charge in [0.05, 0.1) is 39.5 Å². The number of nitrogens with one attached hydrogen (secondary N) is 1. The summed E-state index contributed by atoms with van der Waals surface area (Å²) in [4.78, 5) is 11.6. The number of carbonyl (C=O) groups is 1. The van der Waals surface area contributed by atoms with Gasteiger partial charge in [-0.25, -0.2) is 13.8 Å². The predicted octanol–water partition coefficient (Wildman–Crippen LogP) is 9.26. The van der Waals surface area contributed by atoms with Crippen LogP contribution in [0.25, 0.3) is 21.1 Å². The highest BCUT2D eigenvalue weighted by Crippen LogP contribution is 2.56. The average Bonchev–Trinajstić information content (AvgIpc) is 3.36. The molecular weight excluding hydrogens is 683 g/mol. The first-order valence-electron chi connectivity index (χ1n) is 14.3. The van der Waals surface area contributed by atoms with Crippen molar-refractivity contribution in [2.24, 2.45) is 0 Å². The normalized spacial score (nSPS) is 13.8. The lowest BCUT2D eigenvalue weighted by molar-refractivity contribution is -0.0162. The molecule has 0 saturated heterocycles. The molecular formula is C30H39Cl2FN3O8PS. The lowest BCUT2D eigenvalue weighted by atomic mass is 10.2. The number of hydrogen-bond acceptors (Lipinski definition) is 10. The number of rotatable bonds is 13. The van der Waals surface area contributed by atoms with E-state index in [1.54, 1.807) is 59.7 Å². The number of halogens is 3. The average molecular weight is 723 g/mol. The van der Waals surface area contributed by atoms with Gasteiger partial charge < -0.3 is 19.9 Å². The first-order valence-corrected chi connectivity index (χ1v) is 17.3. The fraction of sp³-hybridized carbons (Fsp3) is 0.500. The summed E-state index contributed by atoms with van der Waals surface area (Å²) in [6.07, 6.45) is -2.54. The third kappa shape index (κ3) is 11.3. The molecule has 2 aromatic carbocycles. The molecule has 0 unspecified atom stereocenters. The second-order valence-electron chi connectivity index (χ2n) is 12.5. The number of amides is 1. The van der Waals surface area contributed by atoms with E-state index in [2.05, 4.69) is 15.5 Å². The van der Waals surface area contributed by atoms with Crippen LogP contribution in [0.4, 0.5) is 9.18 Å². The Morgan fingerprint density at radius 1 is 0.978 bits per heavy atom. The molecule has 0 fully saturated rings. The van der Waals surface area contributed by atoms with Crippen LogP contribution < -0.4 is 14.8 Å². The maximum atomic E-state index is 15.3. The Morgan fingerprint density at radius 3 is 2.13 bits per heavy atom. The van der Waals surface area contributed by atoms with Crippen LogP contribution in [0.2, 0.25) is 10.0 Å². The van der Waals surface area contributed by atoms with Gasteiger partial charge in [0.1, 0.15) is 22.4 Å². The molecule has 1 aromatic heterocycles. The number of aromatic nitrogens is 2. The fourth-order valence-electron chi connectivity index (χ4n) is 3.88. The Hall–Kier alpha value is -2.51. The van der Waals surface area contributed by atoms with Gasteiger partial charge in [-0.3, -0.25) is 13.6 Å². The van der Waals surface area contributed by atoms with Gasteiger partial charge in [0.15, 0.2) is 11.6 Å². The van der Waals surface area contributed by atoms with Crippen molar-refractivity contribution in [1.82, 2.24) is 15.5 Å². The largest absolute Gasteiger partial charge is 0.489 e. The Bertz CT molecular complexity index is 1560. The Labute approximate surface area is 282 Å². The van der Waals surface area contributed by atoms with Crippen LogP contribution in [0.5, 0.6) is 11.5 Å². The zero-order valence-corrected chi connectivity index (χ0v) is 30.2. The highest BCUT2D eigenvalue weighted by Gasteiger charge is 2.40. The quantitative estimate of drug-likeness (QED) is 0.164. The predicted molar refractivity (Wildman–Crippen MR) is 177 cm³/mol. The van der Waals surface area contributed by atoms with Gasteiger partial charge in [0.25, 0.3) is 0 Å². The molecule has 16 heteroatoms. The number of phosphoric ester groups is 1. The van der Waals surface area contributed by atoms with Crippen molar-refractivity contribution in [2.45, 2.75) is 91.8 Å². The second-order valence-corrected chi connectivity index (χ2v) is 15.8. The smallest absolute Gasteiger partial charge is 0.476 e. The van der Waals surface area contributed by atoms with Gasteiger partial charge in [-0.1, -0.05) is 34.5 Å². The van der Waals surface area contributed by atoms with Crippen LogP contribution in [0.3, 0.4) is 0 Å². The van der Waals surface area contributed by atoms with Gasteiger partial charge in [-0.15, -0.1) is 10.2 Å². The van der Waals surface area contributed by atoms with Crippen molar-refractivity contribution in [3.63, 3.8) is 0 Å². The highest BCUT2D eigenvalue weighted by molar-refractivity contribution is 7.48. The molecule has 0 aliphatic carbocycles. The number of carboxylic acid groups (broad SMARTS) is 1. The molecule has 2 atom stereocenters. The Balaban J connectivity index is 1.79. The second kappa shape index (κ2) is 15.1. The van der Waals surface area contributed by atoms with Gasteiger partial charge in [-0.2, -0.15) is 0 Å². The van der Waals surface area contributed by atoms with Gasteiger partial charge >= 0.3 is 13.9 Å². The van der Waals surface area contributed by atoms with E-state index in [1.165, 1.54) is 24.3 Å². The van der Waals surface area contributed by atoms with E-state index >= 15 is 4.39 Å². The highest BCUT2D eigenvalue weighted by atomic mass is 35.5. The van der Waals surface area contributed by atoms with Crippen molar-refractivity contribution >= 4 is 48.5 Å². The molecule has 11 nitrogen and oxygen atoms in total. The van der Waals surface area contributed by atoms with Crippen LogP contribution in [0.15, 0.2) is 30.3 Å². The third-order valence-electron chi connectivity index (χ3n) is 5.58. The minimum Gasteiger partial charge on any atom is -0.489 e. The number of hydrogen-bond donors (Lipinski definition) is 2. The maximum absolute atomic E-state index is 15.3. The topological polar surface area (TPSA) is 138 Å². The SMILES string of the molecule is CC(C)Oc1ccc(-c2nnc(-c3cc(F)c(OC[C@H](NC(=O)O)[C@H](C)OP(=O)(OC(C)(C)C)OC(C)(C)C)cc3Cl)s2)cc1Cl. The molecule has 46 heavy (non-hydrogen) atoms. The lowest BCUT2D eigenvalue weighted by Crippen LogP contribution is -2.46. The summed E-state index contributed by atoms with van der Waals surface area (Å²) < 4.78 is 57.1. The summed E-state index contributed by atoms with van der Waals surface area (Å²) in [5.41, 5.74) is -0.859. The van der Waals surface area contributed by atoms with E-state index in [9.17, 15) is 14.5 Å². The monoisotopic (exact) mass is 721 g/mol. The number of nitrogens with zero attached hydrogens (tertiary/aromatic N) is 2. The van der Waals surface area contributed by atoms with E-state index < -0.39 is 49.7 Å². The summed E-state index contributed by atoms with van der Waals surface area (Å²) in [6.45, 7) is 14.9. The summed E-state index contributed by atoms with van der Waals surface area (Å²) >= 11 is 14.1. The van der Waals surface area contributed by atoms with E-state index in [0.29, 0.717) is 26.4 Å². The Kier molecular flexibility index (Phi) is 12.5. The molecule has 0 bridgehead atoms. The first kappa shape index (κ1) is 37.9. The molecule has 0 aliphatic heterocycles. The number of ether oxygens (including phenoxy) is 2. The van der Waals surface area contributed by atoms with E-state index in [-0.39, 0.29) is 22.4 Å². The minimum absolute atomic E-state index is 0.0452. The van der Waals surface area contributed by atoms with Crippen molar-refractivity contribution in [3.05, 3.63) is 46.2 Å². The first-order chi connectivity index (χ1) is 21.1. The van der Waals surface area contributed by atoms with Crippen LogP contribution in [-0.4, -0.2) is 57.5 Å². The zero-order chi connectivity index (χ0) is 34.6. The van der Waals surface area contributed by atoms with E-state index in [4.69, 9.17) is 46.2 Å². The van der Waals surface area contributed by atoms with Crippen molar-refractivity contribution in [2.75, 3.05) is 6.61 Å².